The lowest BCUT2D eigenvalue weighted by Gasteiger charge is -2.25. The monoisotopic (exact) mass is 756 g/mol. The molecule has 2 heterocycles. The van der Waals surface area contributed by atoms with Gasteiger partial charge in [0.25, 0.3) is 15.9 Å². The highest BCUT2D eigenvalue weighted by molar-refractivity contribution is 7.93. The van der Waals surface area contributed by atoms with Crippen molar-refractivity contribution < 1.29 is 27.2 Å². The molecule has 0 radical (unpaired) electrons. The average molecular weight is 757 g/mol. The van der Waals surface area contributed by atoms with E-state index in [4.69, 9.17) is 30.6 Å². The average Bonchev–Trinajstić information content (AvgIpc) is 3.76. The third-order valence-corrected chi connectivity index (χ3v) is 13.4. The summed E-state index contributed by atoms with van der Waals surface area (Å²) in [6.07, 6.45) is 6.33. The molecule has 278 valence electrons. The second-order valence-corrected chi connectivity index (χ2v) is 23.0. The number of aliphatic imine (C=N–C) groups is 1. The molecule has 0 saturated heterocycles. The zero-order chi connectivity index (χ0) is 37.0. The molecule has 1 aromatic heterocycles. The van der Waals surface area contributed by atoms with Crippen molar-refractivity contribution in [2.45, 2.75) is 128 Å². The second-order valence-electron chi connectivity index (χ2n) is 15.2. The molecule has 0 N–H and O–H groups in total. The van der Waals surface area contributed by atoms with Gasteiger partial charge in [-0.2, -0.15) is 0 Å². The van der Waals surface area contributed by atoms with E-state index in [9.17, 15) is 13.2 Å². The smallest absolute Gasteiger partial charge is 0.268 e. The first-order chi connectivity index (χ1) is 24.2. The maximum atomic E-state index is 14.7. The van der Waals surface area contributed by atoms with Gasteiger partial charge in [0.1, 0.15) is 23.1 Å². The Hall–Kier alpha value is -3.03. The number of amides is 1. The van der Waals surface area contributed by atoms with Gasteiger partial charge in [0.15, 0.2) is 5.76 Å². The number of carbonyl (C=O) groups is 1. The quantitative estimate of drug-likeness (QED) is 0.0767. The summed E-state index contributed by atoms with van der Waals surface area (Å²) in [4.78, 5) is 20.9. The van der Waals surface area contributed by atoms with E-state index >= 15 is 0 Å². The minimum absolute atomic E-state index is 0.0217. The Morgan fingerprint density at radius 1 is 1.10 bits per heavy atom. The Morgan fingerprint density at radius 2 is 1.82 bits per heavy atom. The minimum atomic E-state index is -4.27. The molecule has 3 aromatic rings. The van der Waals surface area contributed by atoms with Crippen molar-refractivity contribution in [3.05, 3.63) is 64.4 Å². The summed E-state index contributed by atoms with van der Waals surface area (Å²) in [5, 5.41) is 4.14. The van der Waals surface area contributed by atoms with Crippen molar-refractivity contribution in [2.24, 2.45) is 4.99 Å². The van der Waals surface area contributed by atoms with Crippen LogP contribution < -0.4 is 4.31 Å². The van der Waals surface area contributed by atoms with E-state index < -0.39 is 23.6 Å². The number of amidine groups is 1. The van der Waals surface area contributed by atoms with Crippen LogP contribution in [0.2, 0.25) is 30.7 Å². The van der Waals surface area contributed by atoms with Crippen molar-refractivity contribution in [1.29, 1.82) is 0 Å². The van der Waals surface area contributed by atoms with Crippen LogP contribution in [0.3, 0.4) is 0 Å². The van der Waals surface area contributed by atoms with Gasteiger partial charge in [-0.3, -0.25) is 14.7 Å². The molecule has 2 aliphatic rings. The molecule has 13 heteroatoms. The van der Waals surface area contributed by atoms with E-state index in [-0.39, 0.29) is 41.1 Å². The third kappa shape index (κ3) is 8.96. The minimum Gasteiger partial charge on any atom is -0.374 e. The molecule has 5 rings (SSSR count). The number of carbonyl (C=O) groups excluding carboxylic acids is 1. The van der Waals surface area contributed by atoms with Crippen LogP contribution in [0.15, 0.2) is 56.9 Å². The first kappa shape index (κ1) is 39.2. The number of hydrogen-bond donors (Lipinski definition) is 0. The fourth-order valence-corrected chi connectivity index (χ4v) is 9.06. The number of sulfonamides is 1. The van der Waals surface area contributed by atoms with Gasteiger partial charge >= 0.3 is 0 Å². The molecule has 0 atom stereocenters. The van der Waals surface area contributed by atoms with Crippen LogP contribution in [-0.2, 0) is 37.4 Å². The van der Waals surface area contributed by atoms with Crippen LogP contribution in [0.25, 0.3) is 11.1 Å². The number of benzene rings is 2. The van der Waals surface area contributed by atoms with Crippen LogP contribution >= 0.6 is 11.6 Å². The summed E-state index contributed by atoms with van der Waals surface area (Å²) in [7, 11) is -5.70. The van der Waals surface area contributed by atoms with E-state index in [1.54, 1.807) is 25.1 Å². The predicted molar refractivity (Wildman–Crippen MR) is 205 cm³/mol. The molecular weight excluding hydrogens is 704 g/mol. The maximum Gasteiger partial charge on any atom is 0.268 e. The van der Waals surface area contributed by atoms with Crippen molar-refractivity contribution in [3.8, 4) is 11.1 Å². The molecule has 0 unspecified atom stereocenters. The van der Waals surface area contributed by atoms with Gasteiger partial charge in [-0.05, 0) is 68.8 Å². The molecule has 1 saturated carbocycles. The van der Waals surface area contributed by atoms with Crippen molar-refractivity contribution in [3.63, 3.8) is 0 Å². The number of hydrogen-bond acceptors (Lipinski definition) is 8. The normalized spacial score (nSPS) is 16.1. The van der Waals surface area contributed by atoms with Crippen molar-refractivity contribution in [2.75, 3.05) is 17.6 Å². The number of aryl methyl sites for hydroxylation is 1. The molecule has 51 heavy (non-hydrogen) atoms. The Bertz CT molecular complexity index is 1830. The third-order valence-electron chi connectivity index (χ3n) is 9.53. The van der Waals surface area contributed by atoms with Gasteiger partial charge in [0.05, 0.1) is 24.2 Å². The Kier molecular flexibility index (Phi) is 12.5. The Morgan fingerprint density at radius 3 is 2.47 bits per heavy atom. The highest BCUT2D eigenvalue weighted by atomic mass is 35.5. The molecule has 1 amide bonds. The maximum absolute atomic E-state index is 14.7. The molecule has 10 nitrogen and oxygen atoms in total. The first-order valence-corrected chi connectivity index (χ1v) is 23.6. The van der Waals surface area contributed by atoms with Gasteiger partial charge in [-0.1, -0.05) is 99.0 Å². The summed E-state index contributed by atoms with van der Waals surface area (Å²) in [5.74, 6) is 1.26. The Labute approximate surface area is 309 Å². The van der Waals surface area contributed by atoms with Crippen LogP contribution in [0.1, 0.15) is 82.6 Å². The SMILES string of the molecule is CCCCC1=NC2(CCCC2)C(=O)N1Cc1ccc(-c2ccccc2S(=O)(=O)N(COCC[Si](C)(C)C)c2noc(C)c2Cl)c(COC(C)C)c1. The van der Waals surface area contributed by atoms with Crippen LogP contribution in [0.4, 0.5) is 5.82 Å². The predicted octanol–water partition coefficient (Wildman–Crippen LogP) is 8.98. The number of nitrogens with zero attached hydrogens (tertiary/aromatic N) is 4. The van der Waals surface area contributed by atoms with E-state index in [2.05, 4.69) is 31.7 Å². The first-order valence-electron chi connectivity index (χ1n) is 18.1. The largest absolute Gasteiger partial charge is 0.374 e. The van der Waals surface area contributed by atoms with Crippen LogP contribution in [0, 0.1) is 6.92 Å². The zero-order valence-electron chi connectivity index (χ0n) is 31.1. The van der Waals surface area contributed by atoms with Gasteiger partial charge in [0, 0.05) is 26.7 Å². The zero-order valence-corrected chi connectivity index (χ0v) is 33.7. The molecular formula is C38H53ClN4O6SSi. The lowest BCUT2D eigenvalue weighted by Crippen LogP contribution is -2.40. The molecule has 0 bridgehead atoms. The van der Waals surface area contributed by atoms with E-state index in [1.807, 2.05) is 43.0 Å². The summed E-state index contributed by atoms with van der Waals surface area (Å²) in [6.45, 7) is 15.2. The summed E-state index contributed by atoms with van der Waals surface area (Å²) >= 11 is 6.55. The van der Waals surface area contributed by atoms with Gasteiger partial charge < -0.3 is 14.0 Å². The molecule has 2 aromatic carbocycles. The molecule has 1 aliphatic heterocycles. The fraction of sp³-hybridized carbons (Fsp3) is 0.553. The number of anilines is 1. The number of rotatable bonds is 17. The molecule has 1 spiro atoms. The summed E-state index contributed by atoms with van der Waals surface area (Å²) < 4.78 is 47.8. The number of halogens is 1. The van der Waals surface area contributed by atoms with Crippen molar-refractivity contribution in [1.82, 2.24) is 10.1 Å². The lowest BCUT2D eigenvalue weighted by atomic mass is 9.96. The highest BCUT2D eigenvalue weighted by Gasteiger charge is 2.49. The van der Waals surface area contributed by atoms with Gasteiger partial charge in [0.2, 0.25) is 5.82 Å². The van der Waals surface area contributed by atoms with E-state index in [0.29, 0.717) is 30.0 Å². The summed E-state index contributed by atoms with van der Waals surface area (Å²) in [5.41, 5.74) is 2.33. The number of ether oxygens (including phenoxy) is 2. The van der Waals surface area contributed by atoms with Gasteiger partial charge in [-0.15, -0.1) is 0 Å². The highest BCUT2D eigenvalue weighted by Crippen LogP contribution is 2.41. The molecule has 1 aliphatic carbocycles. The van der Waals surface area contributed by atoms with E-state index in [1.165, 1.54) is 0 Å². The van der Waals surface area contributed by atoms with E-state index in [0.717, 1.165) is 72.3 Å². The standard InChI is InChI=1S/C38H53ClN4O6SSi/c1-8-9-16-34-40-38(19-12-13-20-38)37(44)42(34)24-29-17-18-31(30(23-29)25-48-27(2)3)32-14-10-11-15-33(32)50(45,46)43(26-47-21-22-51(5,6)7)36-35(39)28(4)49-41-36/h10-11,14-15,17-18,23,27H,8-9,12-13,16,19-22,24-26H2,1-7H3. The number of aromatic nitrogens is 1. The molecule has 1 fully saturated rings. The van der Waals surface area contributed by atoms with Crippen LogP contribution in [0.5, 0.6) is 0 Å². The Balaban J connectivity index is 1.52. The summed E-state index contributed by atoms with van der Waals surface area (Å²) in [6, 6.07) is 13.7. The van der Waals surface area contributed by atoms with Gasteiger partial charge in [-0.25, -0.2) is 12.7 Å². The topological polar surface area (TPSA) is 115 Å². The van der Waals surface area contributed by atoms with Crippen LogP contribution in [-0.4, -0.2) is 63.3 Å². The second kappa shape index (κ2) is 16.3. The lowest BCUT2D eigenvalue weighted by molar-refractivity contribution is -0.131. The fourth-order valence-electron chi connectivity index (χ4n) is 6.57. The van der Waals surface area contributed by atoms with Crippen molar-refractivity contribution >= 4 is 47.3 Å². The number of unbranched alkanes of at least 4 members (excludes halogenated alkanes) is 1.